The predicted octanol–water partition coefficient (Wildman–Crippen LogP) is 2.12. The van der Waals surface area contributed by atoms with E-state index < -0.39 is 0 Å². The summed E-state index contributed by atoms with van der Waals surface area (Å²) < 4.78 is 7.90. The van der Waals surface area contributed by atoms with Crippen molar-refractivity contribution in [3.8, 4) is 0 Å². The van der Waals surface area contributed by atoms with Crippen LogP contribution < -0.4 is 5.32 Å². The zero-order chi connectivity index (χ0) is 13.0. The fourth-order valence-corrected chi connectivity index (χ4v) is 2.85. The van der Waals surface area contributed by atoms with Crippen LogP contribution in [0.4, 0.5) is 0 Å². The Labute approximate surface area is 112 Å². The number of nitrogens with zero attached hydrogens (tertiary/aromatic N) is 2. The van der Waals surface area contributed by atoms with Gasteiger partial charge in [0.05, 0.1) is 12.3 Å². The lowest BCUT2D eigenvalue weighted by molar-refractivity contribution is 0.0796. The molecular formula is C13H19N3OS. The molecule has 0 aliphatic rings. The Morgan fingerprint density at radius 3 is 2.89 bits per heavy atom. The molecule has 0 spiro atoms. The third kappa shape index (κ3) is 2.80. The lowest BCUT2D eigenvalue weighted by Gasteiger charge is -2.18. The fraction of sp³-hybridized carbons (Fsp3) is 0.462. The van der Waals surface area contributed by atoms with Crippen molar-refractivity contribution in [2.75, 3.05) is 20.2 Å². The number of aromatic nitrogens is 2. The molecule has 0 aliphatic heterocycles. The summed E-state index contributed by atoms with van der Waals surface area (Å²) in [4.78, 5) is 1.26. The summed E-state index contributed by atoms with van der Waals surface area (Å²) in [5.41, 5.74) is 2.37. The van der Waals surface area contributed by atoms with Gasteiger partial charge < -0.3 is 10.1 Å². The summed E-state index contributed by atoms with van der Waals surface area (Å²) in [6.45, 7) is 3.65. The maximum absolute atomic E-state index is 6.02. The van der Waals surface area contributed by atoms with Crippen LogP contribution in [0.25, 0.3) is 0 Å². The third-order valence-corrected chi connectivity index (χ3v) is 3.97. The molecule has 98 valence electrons. The van der Waals surface area contributed by atoms with Crippen LogP contribution in [0.5, 0.6) is 0 Å². The van der Waals surface area contributed by atoms with Crippen molar-refractivity contribution in [1.29, 1.82) is 0 Å². The highest BCUT2D eigenvalue weighted by Gasteiger charge is 2.20. The molecule has 2 aromatic heterocycles. The number of hydrogen-bond acceptors (Lipinski definition) is 4. The first-order valence-corrected chi connectivity index (χ1v) is 6.90. The van der Waals surface area contributed by atoms with Gasteiger partial charge in [0.1, 0.15) is 6.10 Å². The molecule has 1 N–H and O–H groups in total. The average molecular weight is 265 g/mol. The maximum Gasteiger partial charge on any atom is 0.133 e. The first kappa shape index (κ1) is 13.3. The van der Waals surface area contributed by atoms with E-state index in [1.807, 2.05) is 31.0 Å². The first-order chi connectivity index (χ1) is 8.74. The van der Waals surface area contributed by atoms with E-state index in [2.05, 4.69) is 28.8 Å². The van der Waals surface area contributed by atoms with Crippen molar-refractivity contribution in [1.82, 2.24) is 15.1 Å². The smallest absolute Gasteiger partial charge is 0.133 e. The van der Waals surface area contributed by atoms with Crippen LogP contribution in [0.2, 0.25) is 0 Å². The topological polar surface area (TPSA) is 39.1 Å². The van der Waals surface area contributed by atoms with Gasteiger partial charge >= 0.3 is 0 Å². The number of nitrogens with one attached hydrogen (secondary N) is 1. The van der Waals surface area contributed by atoms with Crippen molar-refractivity contribution in [3.63, 3.8) is 0 Å². The van der Waals surface area contributed by atoms with Gasteiger partial charge in [0.15, 0.2) is 0 Å². The standard InChI is InChI=1S/C13H19N3OS/c1-10-5-9-18-13(10)12(17-8-7-14-2)11-4-6-15-16(11)3/h4-6,9,12,14H,7-8H2,1-3H3/t12-/m0/s1. The van der Waals surface area contributed by atoms with Gasteiger partial charge in [0.25, 0.3) is 0 Å². The molecule has 2 rings (SSSR count). The summed E-state index contributed by atoms with van der Waals surface area (Å²) in [6, 6.07) is 4.15. The first-order valence-electron chi connectivity index (χ1n) is 6.02. The van der Waals surface area contributed by atoms with Crippen LogP contribution in [0, 0.1) is 6.92 Å². The van der Waals surface area contributed by atoms with Crippen molar-refractivity contribution < 1.29 is 4.74 Å². The van der Waals surface area contributed by atoms with Crippen LogP contribution in [-0.4, -0.2) is 30.0 Å². The number of likely N-dealkylation sites (N-methyl/N-ethyl adjacent to an activating group) is 1. The Morgan fingerprint density at radius 2 is 2.33 bits per heavy atom. The van der Waals surface area contributed by atoms with Crippen LogP contribution in [0.15, 0.2) is 23.7 Å². The molecule has 0 fully saturated rings. The predicted molar refractivity (Wildman–Crippen MR) is 74.0 cm³/mol. The molecule has 1 atom stereocenters. The van der Waals surface area contributed by atoms with E-state index in [0.717, 1.165) is 12.2 Å². The van der Waals surface area contributed by atoms with Crippen molar-refractivity contribution in [2.45, 2.75) is 13.0 Å². The molecule has 0 aromatic carbocycles. The van der Waals surface area contributed by atoms with Gasteiger partial charge in [-0.05, 0) is 37.0 Å². The molecule has 0 radical (unpaired) electrons. The Hall–Kier alpha value is -1.17. The Kier molecular flexibility index (Phi) is 4.52. The van der Waals surface area contributed by atoms with E-state index in [9.17, 15) is 0 Å². The van der Waals surface area contributed by atoms with Crippen LogP contribution >= 0.6 is 11.3 Å². The zero-order valence-corrected chi connectivity index (χ0v) is 11.8. The summed E-state index contributed by atoms with van der Waals surface area (Å²) in [5, 5.41) is 9.44. The lowest BCUT2D eigenvalue weighted by Crippen LogP contribution is -2.18. The van der Waals surface area contributed by atoms with E-state index in [0.29, 0.717) is 6.61 Å². The molecular weight excluding hydrogens is 246 g/mol. The number of aryl methyl sites for hydroxylation is 2. The molecule has 0 unspecified atom stereocenters. The van der Waals surface area contributed by atoms with Gasteiger partial charge in [-0.2, -0.15) is 5.10 Å². The molecule has 18 heavy (non-hydrogen) atoms. The summed E-state index contributed by atoms with van der Waals surface area (Å²) in [7, 11) is 3.88. The molecule has 2 heterocycles. The zero-order valence-electron chi connectivity index (χ0n) is 11.0. The average Bonchev–Trinajstić information content (AvgIpc) is 2.95. The second-order valence-corrected chi connectivity index (χ2v) is 5.15. The van der Waals surface area contributed by atoms with Crippen molar-refractivity contribution in [2.24, 2.45) is 7.05 Å². The van der Waals surface area contributed by atoms with E-state index in [1.54, 1.807) is 11.3 Å². The third-order valence-electron chi connectivity index (χ3n) is 2.90. The van der Waals surface area contributed by atoms with Gasteiger partial charge in [-0.1, -0.05) is 0 Å². The minimum Gasteiger partial charge on any atom is -0.365 e. The van der Waals surface area contributed by atoms with Gasteiger partial charge in [0.2, 0.25) is 0 Å². The molecule has 0 bridgehead atoms. The Bertz CT molecular complexity index is 452. The molecule has 0 saturated carbocycles. The van der Waals surface area contributed by atoms with Gasteiger partial charge in [0, 0.05) is 24.7 Å². The molecule has 0 aliphatic carbocycles. The second-order valence-electron chi connectivity index (χ2n) is 4.20. The van der Waals surface area contributed by atoms with Crippen LogP contribution in [-0.2, 0) is 11.8 Å². The van der Waals surface area contributed by atoms with Gasteiger partial charge in [-0.15, -0.1) is 11.3 Å². The number of thiophene rings is 1. The molecule has 0 saturated heterocycles. The summed E-state index contributed by atoms with van der Waals surface area (Å²) >= 11 is 1.74. The second kappa shape index (κ2) is 6.13. The van der Waals surface area contributed by atoms with E-state index in [-0.39, 0.29) is 6.10 Å². The van der Waals surface area contributed by atoms with E-state index >= 15 is 0 Å². The molecule has 4 nitrogen and oxygen atoms in total. The van der Waals surface area contributed by atoms with Crippen molar-refractivity contribution >= 4 is 11.3 Å². The monoisotopic (exact) mass is 265 g/mol. The van der Waals surface area contributed by atoms with Crippen LogP contribution in [0.1, 0.15) is 22.2 Å². The highest BCUT2D eigenvalue weighted by Crippen LogP contribution is 2.31. The minimum atomic E-state index is -0.0224. The lowest BCUT2D eigenvalue weighted by atomic mass is 10.1. The van der Waals surface area contributed by atoms with E-state index in [1.165, 1.54) is 10.4 Å². The SMILES string of the molecule is CNCCO[C@H](c1sccc1C)c1ccnn1C. The highest BCUT2D eigenvalue weighted by atomic mass is 32.1. The quantitative estimate of drug-likeness (QED) is 0.813. The Balaban J connectivity index is 2.24. The number of hydrogen-bond donors (Lipinski definition) is 1. The fourth-order valence-electron chi connectivity index (χ4n) is 1.87. The largest absolute Gasteiger partial charge is 0.365 e. The van der Waals surface area contributed by atoms with Crippen LogP contribution in [0.3, 0.4) is 0 Å². The molecule has 0 amide bonds. The van der Waals surface area contributed by atoms with Crippen molar-refractivity contribution in [3.05, 3.63) is 39.8 Å². The van der Waals surface area contributed by atoms with E-state index in [4.69, 9.17) is 4.74 Å². The van der Waals surface area contributed by atoms with Gasteiger partial charge in [-0.25, -0.2) is 0 Å². The summed E-state index contributed by atoms with van der Waals surface area (Å²) in [5.74, 6) is 0. The normalized spacial score (nSPS) is 12.8. The summed E-state index contributed by atoms with van der Waals surface area (Å²) in [6.07, 6.45) is 1.79. The number of ether oxygens (including phenoxy) is 1. The highest BCUT2D eigenvalue weighted by molar-refractivity contribution is 7.10. The Morgan fingerprint density at radius 1 is 1.50 bits per heavy atom. The maximum atomic E-state index is 6.02. The van der Waals surface area contributed by atoms with Gasteiger partial charge in [-0.3, -0.25) is 4.68 Å². The molecule has 5 heteroatoms. The number of rotatable bonds is 6. The molecule has 2 aromatic rings. The minimum absolute atomic E-state index is 0.0224.